The molecule has 2 nitrogen and oxygen atoms in total. The van der Waals surface area contributed by atoms with Gasteiger partial charge in [-0.15, -0.1) is 0 Å². The van der Waals surface area contributed by atoms with Gasteiger partial charge in [-0.25, -0.2) is 0 Å². The predicted molar refractivity (Wildman–Crippen MR) is 6.86 cm³/mol. The van der Waals surface area contributed by atoms with Crippen molar-refractivity contribution in [1.29, 1.82) is 0 Å². The Morgan fingerprint density at radius 1 is 1.40 bits per heavy atom. The second kappa shape index (κ2) is 4.42. The van der Waals surface area contributed by atoms with Gasteiger partial charge in [0.15, 0.2) is 0 Å². The van der Waals surface area contributed by atoms with Gasteiger partial charge in [-0.1, -0.05) is 0 Å². The molecule has 0 bridgehead atoms. The third-order valence-electron chi connectivity index (χ3n) is 0. The Morgan fingerprint density at radius 2 is 1.40 bits per heavy atom. The van der Waals surface area contributed by atoms with Gasteiger partial charge in [0.05, 0.1) is 0 Å². The minimum Gasteiger partial charge on any atom is -0.867 e. The van der Waals surface area contributed by atoms with Gasteiger partial charge >= 0.3 is 16.8 Å². The third-order valence-corrected chi connectivity index (χ3v) is 0. The minimum absolute atomic E-state index is 0. The van der Waals surface area contributed by atoms with E-state index in [0.29, 0.717) is 0 Å². The molecule has 1 radical (unpaired) electrons. The zero-order valence-electron chi connectivity index (χ0n) is 2.11. The van der Waals surface area contributed by atoms with E-state index in [1.54, 1.807) is 0 Å². The van der Waals surface area contributed by atoms with Crippen LogP contribution in [0.1, 0.15) is 0 Å². The van der Waals surface area contributed by atoms with Crippen LogP contribution in [0.5, 0.6) is 0 Å². The first kappa shape index (κ1) is 9.05. The molecule has 0 aromatic heterocycles. The van der Waals surface area contributed by atoms with E-state index in [2.05, 4.69) is 0 Å². The Hall–Kier alpha value is 0.421. The van der Waals surface area contributed by atoms with Gasteiger partial charge in [0, 0.05) is 0 Å². The number of hydrogen-bond acceptors (Lipinski definition) is 2. The van der Waals surface area contributed by atoms with Gasteiger partial charge in [-0.2, -0.15) is 0 Å². The molecule has 0 unspecified atom stereocenters. The largest absolute Gasteiger partial charge is 2.00 e. The second-order valence-corrected chi connectivity index (χ2v) is 0.274. The topological polar surface area (TPSA) is 46.1 Å². The molecule has 0 N–H and O–H groups in total. The quantitative estimate of drug-likeness (QED) is 0.337. The van der Waals surface area contributed by atoms with Gasteiger partial charge in [-0.05, 0) is 0 Å². The Labute approximate surface area is 39.4 Å². The molecule has 0 fully saturated rings. The summed E-state index contributed by atoms with van der Waals surface area (Å²) in [7, 11) is -3.17. The van der Waals surface area contributed by atoms with Gasteiger partial charge in [0.25, 0.3) is 0 Å². The normalized spacial score (nSPS) is 5.40. The van der Waals surface area contributed by atoms with E-state index in [4.69, 9.17) is 10.0 Å². The number of rotatable bonds is 0. The van der Waals surface area contributed by atoms with Crippen LogP contribution in [-0.2, 0) is 16.8 Å². The van der Waals surface area contributed by atoms with Crippen molar-refractivity contribution in [3.05, 3.63) is 0 Å². The van der Waals surface area contributed by atoms with Crippen LogP contribution in [0.25, 0.3) is 0 Å². The Bertz CT molecular complexity index is 14.4. The average Bonchev–Trinajstić information content (AvgIpc) is 0.811. The van der Waals surface area contributed by atoms with Crippen molar-refractivity contribution in [2.24, 2.45) is 0 Å². The van der Waals surface area contributed by atoms with Gasteiger partial charge in [-0.3, -0.25) is 0 Å². The fourth-order valence-electron chi connectivity index (χ4n) is 0. The summed E-state index contributed by atoms with van der Waals surface area (Å²) in [4.78, 5) is 0. The maximum atomic E-state index is 9.89. The van der Waals surface area contributed by atoms with E-state index < -0.39 is 7.40 Å². The van der Waals surface area contributed by atoms with E-state index >= 15 is 0 Å². The van der Waals surface area contributed by atoms with Crippen molar-refractivity contribution in [2.75, 3.05) is 0 Å². The molecule has 0 amide bonds. The van der Waals surface area contributed by atoms with E-state index in [9.17, 15) is 4.32 Å². The summed E-state index contributed by atoms with van der Waals surface area (Å²) in [5, 5.41) is 16.6. The standard InChI is InChI=1S/BFO2.Co/c2-1(3)4;/q-2;+2. The van der Waals surface area contributed by atoms with Gasteiger partial charge in [0.1, 0.15) is 7.40 Å². The van der Waals surface area contributed by atoms with Crippen molar-refractivity contribution in [1.82, 2.24) is 0 Å². The number of halogens is 1. The monoisotopic (exact) mass is 121 g/mol. The predicted octanol–water partition coefficient (Wildman–Crippen LogP) is -2.34. The SMILES string of the molecule is [Co+2].[O-]B([O-])F. The molecule has 0 saturated heterocycles. The Balaban J connectivity index is 0. The van der Waals surface area contributed by atoms with E-state index in [-0.39, 0.29) is 16.8 Å². The summed E-state index contributed by atoms with van der Waals surface area (Å²) in [6.07, 6.45) is 0. The van der Waals surface area contributed by atoms with Crippen molar-refractivity contribution >= 4 is 7.40 Å². The zero-order chi connectivity index (χ0) is 3.58. The van der Waals surface area contributed by atoms with Crippen LogP contribution in [0, 0.1) is 0 Å². The molecule has 0 spiro atoms. The molecule has 0 atom stereocenters. The van der Waals surface area contributed by atoms with Crippen molar-refractivity contribution < 1.29 is 31.1 Å². The molecule has 0 heterocycles. The van der Waals surface area contributed by atoms with Gasteiger partial charge < -0.3 is 14.4 Å². The van der Waals surface area contributed by atoms with Crippen LogP contribution in [0.4, 0.5) is 4.32 Å². The third kappa shape index (κ3) is 146. The van der Waals surface area contributed by atoms with Crippen LogP contribution in [-0.4, -0.2) is 7.40 Å². The summed E-state index contributed by atoms with van der Waals surface area (Å²) in [5.74, 6) is 0. The molecule has 0 rings (SSSR count). The molecule has 0 aromatic carbocycles. The summed E-state index contributed by atoms with van der Waals surface area (Å²) in [5.41, 5.74) is 0. The molecule has 0 aliphatic rings. The van der Waals surface area contributed by atoms with Crippen LogP contribution in [0.3, 0.4) is 0 Å². The summed E-state index contributed by atoms with van der Waals surface area (Å²) in [6.45, 7) is 0. The summed E-state index contributed by atoms with van der Waals surface area (Å²) < 4.78 is 9.89. The molecule has 0 aliphatic heterocycles. The molecule has 5 heavy (non-hydrogen) atoms. The van der Waals surface area contributed by atoms with Gasteiger partial charge in [0.2, 0.25) is 0 Å². The van der Waals surface area contributed by atoms with Crippen LogP contribution >= 0.6 is 0 Å². The molecule has 5 heteroatoms. The first-order chi connectivity index (χ1) is 1.73. The first-order valence-corrected chi connectivity index (χ1v) is 0.690. The average molecular weight is 121 g/mol. The minimum atomic E-state index is -3.17. The van der Waals surface area contributed by atoms with Crippen LogP contribution in [0.2, 0.25) is 0 Å². The fourth-order valence-corrected chi connectivity index (χ4v) is 0. The molecular weight excluding hydrogens is 121 g/mol. The van der Waals surface area contributed by atoms with E-state index in [1.807, 2.05) is 0 Å². The Kier molecular flexibility index (Phi) is 8.01. The summed E-state index contributed by atoms with van der Waals surface area (Å²) >= 11 is 0. The van der Waals surface area contributed by atoms with Crippen molar-refractivity contribution in [3.63, 3.8) is 0 Å². The molecule has 31 valence electrons. The maximum Gasteiger partial charge on any atom is 2.00 e. The van der Waals surface area contributed by atoms with Crippen LogP contribution < -0.4 is 10.0 Å². The number of hydrogen-bond donors (Lipinski definition) is 0. The Morgan fingerprint density at radius 3 is 1.40 bits per heavy atom. The molecule has 0 saturated carbocycles. The fraction of sp³-hybridized carbons (Fsp3) is 0. The molecule has 0 aromatic rings. The van der Waals surface area contributed by atoms with Crippen molar-refractivity contribution in [2.45, 2.75) is 0 Å². The molecule has 0 aliphatic carbocycles. The smallest absolute Gasteiger partial charge is 0.867 e. The van der Waals surface area contributed by atoms with Crippen LogP contribution in [0.15, 0.2) is 0 Å². The zero-order valence-corrected chi connectivity index (χ0v) is 3.15. The molecular formula is BCoFO2. The van der Waals surface area contributed by atoms with Crippen molar-refractivity contribution in [3.8, 4) is 0 Å². The van der Waals surface area contributed by atoms with E-state index in [0.717, 1.165) is 0 Å². The maximum absolute atomic E-state index is 9.89. The summed E-state index contributed by atoms with van der Waals surface area (Å²) in [6, 6.07) is 0. The second-order valence-electron chi connectivity index (χ2n) is 0.274. The van der Waals surface area contributed by atoms with E-state index in [1.165, 1.54) is 0 Å². The first-order valence-electron chi connectivity index (χ1n) is 0.690.